The second-order valence-electron chi connectivity index (χ2n) is 16.5. The Bertz CT molecular complexity index is 2760. The molecule has 10 atom stereocenters. The molecule has 7 heterocycles. The molecule has 4 aromatic heterocycles. The standard InChI is InChI=1S/C37H43F2N9O11P2S2Si/c1-37(2,3)64(4,5)59-28-23-16-54-61(63,52-13-9-12-40)58-27-22(15-53-60(51,62)57-29(28)36(56-23)47-14-21(38)24-31(47)42-18-44-34(24)50)55-35(25(27)39)48-19-45-26-30(41-17-43-32(26)48)46-33(49)20-10-7-6-8-11-20/h6-8,10-11,14,17-19,22-23,25,27-29,35-36H,9,13,15-16H2,1-5H3,(H,51,62)(H,42,44,50)(H,41,43,46,49)/t22-,23-,25-,27-,28-,29-,35-,36-,60?,61?/m1/s1. The molecule has 3 N–H and O–H groups in total. The molecule has 20 nitrogen and oxygen atoms in total. The highest BCUT2D eigenvalue weighted by Crippen LogP contribution is 2.57. The maximum Gasteiger partial charge on any atom is 0.327 e. The number of halogens is 2. The molecule has 0 spiro atoms. The second kappa shape index (κ2) is 18.1. The minimum Gasteiger partial charge on any atom is -0.408 e. The van der Waals surface area contributed by atoms with Crippen molar-refractivity contribution in [3.63, 3.8) is 0 Å². The van der Waals surface area contributed by atoms with Crippen LogP contribution in [0.5, 0.6) is 0 Å². The van der Waals surface area contributed by atoms with Gasteiger partial charge in [0, 0.05) is 11.8 Å². The Kier molecular flexibility index (Phi) is 13.2. The van der Waals surface area contributed by atoms with Gasteiger partial charge in [0.25, 0.3) is 11.5 Å². The lowest BCUT2D eigenvalue weighted by atomic mass is 10.1. The number of nitriles is 1. The van der Waals surface area contributed by atoms with Crippen molar-refractivity contribution < 1.29 is 55.0 Å². The van der Waals surface area contributed by atoms with E-state index in [0.717, 1.165) is 18.9 Å². The van der Waals surface area contributed by atoms with Gasteiger partial charge in [0.1, 0.15) is 42.2 Å². The number of benzene rings is 1. The van der Waals surface area contributed by atoms with E-state index < -0.39 is 101 Å². The van der Waals surface area contributed by atoms with Gasteiger partial charge in [0.2, 0.25) is 0 Å². The fourth-order valence-electron chi connectivity index (χ4n) is 7.12. The van der Waals surface area contributed by atoms with Gasteiger partial charge in [-0.2, -0.15) is 5.26 Å². The van der Waals surface area contributed by atoms with Crippen LogP contribution in [0.2, 0.25) is 18.1 Å². The van der Waals surface area contributed by atoms with Crippen LogP contribution in [-0.2, 0) is 60.1 Å². The van der Waals surface area contributed by atoms with Crippen molar-refractivity contribution >= 4 is 79.3 Å². The molecule has 64 heavy (non-hydrogen) atoms. The molecular weight excluding hydrogens is 939 g/mol. The number of nitrogens with zero attached hydrogens (tertiary/aromatic N) is 7. The number of carbonyl (C=O) groups excluding carboxylic acids is 1. The topological polar surface area (TPSA) is 241 Å². The van der Waals surface area contributed by atoms with Gasteiger partial charge in [-0.3, -0.25) is 23.2 Å². The van der Waals surface area contributed by atoms with Crippen LogP contribution in [0.15, 0.2) is 60.3 Å². The average molecular weight is 982 g/mol. The van der Waals surface area contributed by atoms with E-state index in [9.17, 15) is 19.7 Å². The average Bonchev–Trinajstić information content (AvgIpc) is 3.99. The molecule has 0 radical (unpaired) electrons. The molecule has 0 saturated carbocycles. The van der Waals surface area contributed by atoms with E-state index in [0.29, 0.717) is 5.56 Å². The highest BCUT2D eigenvalue weighted by atomic mass is 32.5. The molecule has 3 aliphatic heterocycles. The zero-order valence-electron chi connectivity index (χ0n) is 34.8. The van der Waals surface area contributed by atoms with Crippen molar-refractivity contribution in [1.82, 2.24) is 34.1 Å². The number of alkyl halides is 1. The lowest BCUT2D eigenvalue weighted by Gasteiger charge is -2.41. The van der Waals surface area contributed by atoms with E-state index in [-0.39, 0.29) is 46.1 Å². The van der Waals surface area contributed by atoms with E-state index >= 15 is 8.78 Å². The highest BCUT2D eigenvalue weighted by molar-refractivity contribution is 8.07. The number of hydrogen-bond donors (Lipinski definition) is 3. The van der Waals surface area contributed by atoms with Crippen LogP contribution < -0.4 is 10.9 Å². The zero-order valence-corrected chi connectivity index (χ0v) is 39.2. The summed E-state index contributed by atoms with van der Waals surface area (Å²) in [6.45, 7) is 0.0570. The molecular formula is C37H43F2N9O11P2S2Si. The van der Waals surface area contributed by atoms with Gasteiger partial charge < -0.3 is 47.2 Å². The third kappa shape index (κ3) is 9.27. The van der Waals surface area contributed by atoms with E-state index in [1.165, 1.54) is 15.5 Å². The molecule has 1 aromatic carbocycles. The minimum atomic E-state index is -4.42. The molecule has 5 aromatic rings. The number of aromatic amines is 1. The smallest absolute Gasteiger partial charge is 0.327 e. The molecule has 3 saturated heterocycles. The normalized spacial score (nSPS) is 30.3. The number of ether oxygens (including phenoxy) is 2. The van der Waals surface area contributed by atoms with Gasteiger partial charge >= 0.3 is 13.4 Å². The highest BCUT2D eigenvalue weighted by Gasteiger charge is 2.56. The molecule has 2 unspecified atom stereocenters. The maximum absolute atomic E-state index is 17.1. The van der Waals surface area contributed by atoms with Crippen molar-refractivity contribution in [2.45, 2.75) is 94.5 Å². The Balaban J connectivity index is 1.16. The van der Waals surface area contributed by atoms with E-state index in [1.54, 1.807) is 30.3 Å². The Labute approximate surface area is 375 Å². The summed E-state index contributed by atoms with van der Waals surface area (Å²) in [4.78, 5) is 57.0. The fourth-order valence-corrected chi connectivity index (χ4v) is 11.9. The number of H-pyrrole nitrogens is 1. The van der Waals surface area contributed by atoms with Crippen LogP contribution in [0.3, 0.4) is 0 Å². The summed E-state index contributed by atoms with van der Waals surface area (Å²) in [6.07, 6.45) is -7.23. The van der Waals surface area contributed by atoms with Crippen LogP contribution >= 0.6 is 13.4 Å². The first-order valence-electron chi connectivity index (χ1n) is 19.8. The van der Waals surface area contributed by atoms with Gasteiger partial charge in [0.15, 0.2) is 55.4 Å². The first kappa shape index (κ1) is 46.7. The van der Waals surface area contributed by atoms with Crippen LogP contribution in [0.1, 0.15) is 50.0 Å². The quantitative estimate of drug-likeness (QED) is 0.0916. The molecule has 0 aliphatic carbocycles. The summed E-state index contributed by atoms with van der Waals surface area (Å²) in [5.41, 5.74) is -0.312. The number of aromatic nitrogens is 7. The molecule has 3 aliphatic rings. The van der Waals surface area contributed by atoms with Gasteiger partial charge in [0.05, 0.1) is 45.0 Å². The number of hydrogen-bond acceptors (Lipinski definition) is 17. The number of imidazole rings is 1. The molecule has 342 valence electrons. The van der Waals surface area contributed by atoms with Crippen molar-refractivity contribution in [3.05, 3.63) is 77.2 Å². The van der Waals surface area contributed by atoms with E-state index in [4.69, 9.17) is 60.1 Å². The minimum absolute atomic E-state index is 0.0466. The number of rotatable bonds is 9. The van der Waals surface area contributed by atoms with Crippen LogP contribution in [-0.4, -0.2) is 110 Å². The Hall–Kier alpha value is -3.83. The van der Waals surface area contributed by atoms with E-state index in [2.05, 4.69) is 30.2 Å². The first-order chi connectivity index (χ1) is 30.3. The van der Waals surface area contributed by atoms with Crippen molar-refractivity contribution in [2.75, 3.05) is 25.1 Å². The summed E-state index contributed by atoms with van der Waals surface area (Å²) < 4.78 is 85.5. The third-order valence-electron chi connectivity index (χ3n) is 11.3. The van der Waals surface area contributed by atoms with Gasteiger partial charge in [-0.05, 0) is 53.9 Å². The predicted molar refractivity (Wildman–Crippen MR) is 233 cm³/mol. The van der Waals surface area contributed by atoms with Crippen LogP contribution in [0.25, 0.3) is 22.2 Å². The monoisotopic (exact) mass is 981 g/mol. The molecule has 1 amide bonds. The van der Waals surface area contributed by atoms with Gasteiger partial charge in [-0.25, -0.2) is 28.7 Å². The van der Waals surface area contributed by atoms with Crippen LogP contribution in [0.4, 0.5) is 14.6 Å². The number of carbonyl (C=O) groups is 1. The summed E-state index contributed by atoms with van der Waals surface area (Å²) in [5, 5.41) is 11.3. The number of nitrogens with one attached hydrogen (secondary N) is 2. The second-order valence-corrected chi connectivity index (χ2v) is 27.0. The number of fused-ring (bicyclic) bond motifs is 5. The van der Waals surface area contributed by atoms with Gasteiger partial charge in [-0.1, -0.05) is 39.0 Å². The van der Waals surface area contributed by atoms with Crippen molar-refractivity contribution in [2.24, 2.45) is 0 Å². The Morgan fingerprint density at radius 1 is 1.05 bits per heavy atom. The van der Waals surface area contributed by atoms with Crippen molar-refractivity contribution in [3.8, 4) is 6.07 Å². The predicted octanol–water partition coefficient (Wildman–Crippen LogP) is 5.67. The molecule has 27 heteroatoms. The largest absolute Gasteiger partial charge is 0.408 e. The summed E-state index contributed by atoms with van der Waals surface area (Å²) in [7, 11) is -2.78. The van der Waals surface area contributed by atoms with Crippen LogP contribution in [0, 0.1) is 17.1 Å². The first-order valence-corrected chi connectivity index (χ1v) is 27.9. The lowest BCUT2D eigenvalue weighted by Crippen LogP contribution is -2.50. The summed E-state index contributed by atoms with van der Waals surface area (Å²) in [6, 6.07) is 10.4. The third-order valence-corrected chi connectivity index (χ3v) is 19.7. The maximum atomic E-state index is 17.1. The van der Waals surface area contributed by atoms with Gasteiger partial charge in [-0.15, -0.1) is 0 Å². The summed E-state index contributed by atoms with van der Waals surface area (Å²) in [5.74, 6) is -1.34. The fraction of sp³-hybridized carbons (Fsp3) is 0.486. The Morgan fingerprint density at radius 3 is 2.52 bits per heavy atom. The van der Waals surface area contributed by atoms with E-state index in [1.807, 2.05) is 39.9 Å². The summed E-state index contributed by atoms with van der Waals surface area (Å²) >= 11 is 11.5. The Morgan fingerprint density at radius 2 is 1.78 bits per heavy atom. The number of amides is 1. The molecule has 2 bridgehead atoms. The number of anilines is 1. The molecule has 3 fully saturated rings. The SMILES string of the molecule is CC(C)(C)[Si](C)(C)O[C@H]1[C@H]2OP(O)(=S)OC[C@H]3O[C@@H](n4cnc5c(NC(=O)c6ccccc6)ncnc54)[C@H](F)[C@@H]3OP(=S)(OCCC#N)OC[C@H]1O[C@H]2n1cc(F)c2c(=O)[nH]cnc21. The lowest BCUT2D eigenvalue weighted by molar-refractivity contribution is -0.0612. The zero-order chi connectivity index (χ0) is 45.8. The molecule has 8 rings (SSSR count). The van der Waals surface area contributed by atoms with Crippen molar-refractivity contribution in [1.29, 1.82) is 5.26 Å².